The number of likely N-dealkylation sites (tertiary alicyclic amines) is 1. The number of imidazole rings is 1. The number of nitrogens with one attached hydrogen (secondary N) is 2. The fourth-order valence-electron chi connectivity index (χ4n) is 4.25. The zero-order valence-electron chi connectivity index (χ0n) is 18.9. The van der Waals surface area contributed by atoms with Crippen LogP contribution in [-0.2, 0) is 0 Å². The quantitative estimate of drug-likeness (QED) is 0.535. The van der Waals surface area contributed by atoms with Crippen LogP contribution >= 0.6 is 23.2 Å². The van der Waals surface area contributed by atoms with Gasteiger partial charge in [-0.25, -0.2) is 4.98 Å². The van der Waals surface area contributed by atoms with Crippen molar-refractivity contribution in [2.24, 2.45) is 0 Å². The molecule has 0 spiro atoms. The Bertz CT molecular complexity index is 1190. The third-order valence-electron chi connectivity index (χ3n) is 5.90. The number of aromatic nitrogens is 2. The molecule has 1 aliphatic heterocycles. The van der Waals surface area contributed by atoms with Crippen molar-refractivity contribution in [3.8, 4) is 0 Å². The number of H-pyrrole nitrogens is 1. The van der Waals surface area contributed by atoms with Crippen LogP contribution in [0, 0.1) is 0 Å². The number of amides is 2. The molecular formula is C24H27Cl2N5O2. The van der Waals surface area contributed by atoms with Crippen molar-refractivity contribution < 1.29 is 9.59 Å². The highest BCUT2D eigenvalue weighted by Gasteiger charge is 2.31. The minimum absolute atomic E-state index is 0.0920. The van der Waals surface area contributed by atoms with Gasteiger partial charge in [-0.1, -0.05) is 23.2 Å². The van der Waals surface area contributed by atoms with Crippen LogP contribution in [0.1, 0.15) is 52.3 Å². The largest absolute Gasteiger partial charge is 0.342 e. The average Bonchev–Trinajstić information content (AvgIpc) is 3.39. The maximum Gasteiger partial charge on any atom is 0.255 e. The van der Waals surface area contributed by atoms with Crippen molar-refractivity contribution in [1.82, 2.24) is 25.1 Å². The summed E-state index contributed by atoms with van der Waals surface area (Å²) in [5.41, 5.74) is 2.38. The van der Waals surface area contributed by atoms with E-state index in [0.29, 0.717) is 22.0 Å². The normalized spacial score (nSPS) is 17.0. The molecule has 2 atom stereocenters. The fraction of sp³-hybridized carbons (Fsp3) is 0.375. The molecule has 1 fully saturated rings. The number of carbonyl (C=O) groups excluding carboxylic acids is 2. The Morgan fingerprint density at radius 3 is 2.76 bits per heavy atom. The van der Waals surface area contributed by atoms with Gasteiger partial charge in [0.25, 0.3) is 11.8 Å². The summed E-state index contributed by atoms with van der Waals surface area (Å²) in [6.45, 7) is 3.38. The second kappa shape index (κ2) is 9.71. The molecule has 3 aromatic rings. The molecule has 1 saturated heterocycles. The lowest BCUT2D eigenvalue weighted by atomic mass is 10.1. The Labute approximate surface area is 203 Å². The van der Waals surface area contributed by atoms with E-state index in [1.165, 1.54) is 0 Å². The van der Waals surface area contributed by atoms with Crippen LogP contribution in [0.3, 0.4) is 0 Å². The molecule has 33 heavy (non-hydrogen) atoms. The van der Waals surface area contributed by atoms with Crippen LogP contribution in [0.5, 0.6) is 0 Å². The smallest absolute Gasteiger partial charge is 0.255 e. The minimum Gasteiger partial charge on any atom is -0.342 e. The summed E-state index contributed by atoms with van der Waals surface area (Å²) >= 11 is 12.5. The highest BCUT2D eigenvalue weighted by molar-refractivity contribution is 6.34. The highest BCUT2D eigenvalue weighted by Crippen LogP contribution is 2.26. The van der Waals surface area contributed by atoms with Crippen LogP contribution in [0.15, 0.2) is 36.4 Å². The average molecular weight is 488 g/mol. The first-order chi connectivity index (χ1) is 15.7. The van der Waals surface area contributed by atoms with E-state index in [-0.39, 0.29) is 28.9 Å². The lowest BCUT2D eigenvalue weighted by Gasteiger charge is -2.27. The molecule has 1 aliphatic rings. The molecule has 9 heteroatoms. The van der Waals surface area contributed by atoms with Gasteiger partial charge in [0, 0.05) is 29.7 Å². The Morgan fingerprint density at radius 2 is 2.03 bits per heavy atom. The van der Waals surface area contributed by atoms with Gasteiger partial charge >= 0.3 is 0 Å². The standard InChI is InChI=1S/C24H27Cl2N5O2/c1-14(22-28-20-9-7-16(25)12-21(20)29-22)27-23(32)15-6-8-18(19(26)11-15)24(33)31-10-4-5-17(31)13-30(2)3/h6-9,11-12,14,17H,4-5,10,13H2,1-3H3,(H,27,32)(H,28,29)/t14-,17+/m0/s1. The van der Waals surface area contributed by atoms with Crippen molar-refractivity contribution in [3.05, 3.63) is 63.4 Å². The van der Waals surface area contributed by atoms with E-state index in [2.05, 4.69) is 20.2 Å². The fourth-order valence-corrected chi connectivity index (χ4v) is 4.68. The van der Waals surface area contributed by atoms with Gasteiger partial charge in [0.15, 0.2) is 0 Å². The summed E-state index contributed by atoms with van der Waals surface area (Å²) in [6.07, 6.45) is 1.96. The van der Waals surface area contributed by atoms with E-state index in [1.54, 1.807) is 30.3 Å². The first kappa shape index (κ1) is 23.5. The second-order valence-electron chi connectivity index (χ2n) is 8.73. The van der Waals surface area contributed by atoms with Gasteiger partial charge in [0.1, 0.15) is 5.82 Å². The maximum absolute atomic E-state index is 13.1. The van der Waals surface area contributed by atoms with Crippen LogP contribution in [-0.4, -0.2) is 64.8 Å². The zero-order chi connectivity index (χ0) is 23.7. The predicted molar refractivity (Wildman–Crippen MR) is 131 cm³/mol. The summed E-state index contributed by atoms with van der Waals surface area (Å²) < 4.78 is 0. The molecule has 174 valence electrons. The number of hydrogen-bond donors (Lipinski definition) is 2. The van der Waals surface area contributed by atoms with Crippen LogP contribution in [0.25, 0.3) is 11.0 Å². The second-order valence-corrected chi connectivity index (χ2v) is 9.57. The molecule has 1 aromatic heterocycles. The maximum atomic E-state index is 13.1. The van der Waals surface area contributed by atoms with Crippen LogP contribution in [0.2, 0.25) is 10.0 Å². The van der Waals surface area contributed by atoms with E-state index >= 15 is 0 Å². The molecule has 0 bridgehead atoms. The van der Waals surface area contributed by atoms with Crippen molar-refractivity contribution in [2.75, 3.05) is 27.2 Å². The monoisotopic (exact) mass is 487 g/mol. The predicted octanol–water partition coefficient (Wildman–Crippen LogP) is 4.53. The molecule has 0 aliphatic carbocycles. The highest BCUT2D eigenvalue weighted by atomic mass is 35.5. The molecule has 2 N–H and O–H groups in total. The van der Waals surface area contributed by atoms with Gasteiger partial charge in [0.2, 0.25) is 0 Å². The molecule has 4 rings (SSSR count). The first-order valence-corrected chi connectivity index (χ1v) is 11.7. The van der Waals surface area contributed by atoms with Gasteiger partial charge in [-0.05, 0) is 70.3 Å². The molecule has 7 nitrogen and oxygen atoms in total. The Hall–Kier alpha value is -2.61. The Morgan fingerprint density at radius 1 is 1.24 bits per heavy atom. The SMILES string of the molecule is C[C@H](NC(=O)c1ccc(C(=O)N2CCC[C@@H]2CN(C)C)c(Cl)c1)c1nc2cc(Cl)ccc2[nH]1. The first-order valence-electron chi connectivity index (χ1n) is 10.9. The van der Waals surface area contributed by atoms with E-state index < -0.39 is 0 Å². The number of likely N-dealkylation sites (N-methyl/N-ethyl adjacent to an activating group) is 1. The van der Waals surface area contributed by atoms with Crippen molar-refractivity contribution in [3.63, 3.8) is 0 Å². The number of rotatable bonds is 6. The van der Waals surface area contributed by atoms with E-state index in [1.807, 2.05) is 32.0 Å². The number of benzene rings is 2. The van der Waals surface area contributed by atoms with Gasteiger partial charge in [-0.2, -0.15) is 0 Å². The summed E-state index contributed by atoms with van der Waals surface area (Å²) in [6, 6.07) is 10.0. The minimum atomic E-state index is -0.361. The van der Waals surface area contributed by atoms with Crippen LogP contribution in [0.4, 0.5) is 0 Å². The van der Waals surface area contributed by atoms with Gasteiger partial charge in [-0.15, -0.1) is 0 Å². The topological polar surface area (TPSA) is 81.3 Å². The number of fused-ring (bicyclic) bond motifs is 1. The molecular weight excluding hydrogens is 461 g/mol. The van der Waals surface area contributed by atoms with E-state index in [4.69, 9.17) is 23.2 Å². The summed E-state index contributed by atoms with van der Waals surface area (Å²) in [4.78, 5) is 37.6. The third kappa shape index (κ3) is 5.16. The summed E-state index contributed by atoms with van der Waals surface area (Å²) in [5, 5.41) is 3.80. The Balaban J connectivity index is 1.46. The molecule has 0 radical (unpaired) electrons. The van der Waals surface area contributed by atoms with E-state index in [9.17, 15) is 9.59 Å². The molecule has 2 aromatic carbocycles. The van der Waals surface area contributed by atoms with Gasteiger partial charge in [0.05, 0.1) is 27.7 Å². The lowest BCUT2D eigenvalue weighted by Crippen LogP contribution is -2.41. The number of aromatic amines is 1. The number of hydrogen-bond acceptors (Lipinski definition) is 4. The number of carbonyl (C=O) groups is 2. The van der Waals surface area contributed by atoms with Gasteiger partial charge < -0.3 is 20.1 Å². The number of nitrogens with zero attached hydrogens (tertiary/aromatic N) is 3. The molecule has 0 unspecified atom stereocenters. The van der Waals surface area contributed by atoms with Crippen LogP contribution < -0.4 is 5.32 Å². The van der Waals surface area contributed by atoms with Gasteiger partial charge in [-0.3, -0.25) is 9.59 Å². The molecule has 2 heterocycles. The summed E-state index contributed by atoms with van der Waals surface area (Å²) in [5.74, 6) is 0.235. The van der Waals surface area contributed by atoms with E-state index in [0.717, 1.165) is 37.0 Å². The lowest BCUT2D eigenvalue weighted by molar-refractivity contribution is 0.0716. The third-order valence-corrected chi connectivity index (χ3v) is 6.44. The van der Waals surface area contributed by atoms with Crippen molar-refractivity contribution in [1.29, 1.82) is 0 Å². The van der Waals surface area contributed by atoms with Crippen molar-refractivity contribution >= 4 is 46.0 Å². The van der Waals surface area contributed by atoms with Crippen molar-refractivity contribution in [2.45, 2.75) is 31.8 Å². The summed E-state index contributed by atoms with van der Waals surface area (Å²) in [7, 11) is 4.01. The molecule has 2 amide bonds. The Kier molecular flexibility index (Phi) is 6.93. The zero-order valence-corrected chi connectivity index (χ0v) is 20.4. The molecule has 0 saturated carbocycles. The number of halogens is 2.